The normalized spacial score (nSPS) is 23.2. The number of fused-ring (bicyclic) bond motifs is 1. The van der Waals surface area contributed by atoms with Gasteiger partial charge < -0.3 is 5.11 Å². The van der Waals surface area contributed by atoms with E-state index in [9.17, 15) is 14.7 Å². The van der Waals surface area contributed by atoms with Crippen molar-refractivity contribution in [1.82, 2.24) is 0 Å². The van der Waals surface area contributed by atoms with E-state index in [0.717, 1.165) is 16.3 Å². The summed E-state index contributed by atoms with van der Waals surface area (Å²) in [6.07, 6.45) is 0.168. The molecule has 0 aliphatic heterocycles. The lowest BCUT2D eigenvalue weighted by Crippen LogP contribution is -2.49. The predicted molar refractivity (Wildman–Crippen MR) is 126 cm³/mol. The second kappa shape index (κ2) is 8.18. The van der Waals surface area contributed by atoms with Crippen LogP contribution < -0.4 is 0 Å². The average molecular weight is 421 g/mol. The van der Waals surface area contributed by atoms with E-state index < -0.39 is 17.4 Å². The molecule has 1 fully saturated rings. The Morgan fingerprint density at radius 2 is 1.41 bits per heavy atom. The molecule has 0 spiro atoms. The summed E-state index contributed by atoms with van der Waals surface area (Å²) in [6.45, 7) is 0. The second-order valence-electron chi connectivity index (χ2n) is 8.63. The smallest absolute Gasteiger partial charge is 0.169 e. The highest BCUT2D eigenvalue weighted by molar-refractivity contribution is 6.01. The van der Waals surface area contributed by atoms with Gasteiger partial charge in [-0.3, -0.25) is 9.59 Å². The molecule has 4 aromatic carbocycles. The minimum absolute atomic E-state index is 0.0355. The molecule has 3 atom stereocenters. The zero-order valence-electron chi connectivity index (χ0n) is 17.6. The fourth-order valence-corrected chi connectivity index (χ4v) is 5.12. The van der Waals surface area contributed by atoms with Gasteiger partial charge in [-0.25, -0.2) is 0 Å². The highest BCUT2D eigenvalue weighted by Gasteiger charge is 2.52. The van der Waals surface area contributed by atoms with Gasteiger partial charge in [-0.1, -0.05) is 103 Å². The third-order valence-electron chi connectivity index (χ3n) is 6.65. The van der Waals surface area contributed by atoms with Crippen molar-refractivity contribution in [2.75, 3.05) is 0 Å². The van der Waals surface area contributed by atoms with Crippen molar-refractivity contribution in [3.63, 3.8) is 0 Å². The number of hydrogen-bond acceptors (Lipinski definition) is 3. The topological polar surface area (TPSA) is 54.4 Å². The van der Waals surface area contributed by atoms with Gasteiger partial charge in [0.15, 0.2) is 5.78 Å². The van der Waals surface area contributed by atoms with E-state index in [1.165, 1.54) is 0 Å². The van der Waals surface area contributed by atoms with Crippen LogP contribution in [-0.4, -0.2) is 16.7 Å². The van der Waals surface area contributed by atoms with Crippen molar-refractivity contribution in [3.8, 4) is 0 Å². The molecule has 4 aromatic rings. The number of aliphatic hydroxyl groups is 1. The first-order chi connectivity index (χ1) is 15.6. The molecule has 0 unspecified atom stereocenters. The number of hydrogen-bond donors (Lipinski definition) is 1. The van der Waals surface area contributed by atoms with Crippen molar-refractivity contribution in [2.24, 2.45) is 5.92 Å². The van der Waals surface area contributed by atoms with Crippen LogP contribution in [0.1, 0.15) is 40.2 Å². The van der Waals surface area contributed by atoms with Gasteiger partial charge in [0.1, 0.15) is 11.4 Å². The van der Waals surface area contributed by atoms with Crippen molar-refractivity contribution in [1.29, 1.82) is 0 Å². The zero-order valence-corrected chi connectivity index (χ0v) is 17.6. The van der Waals surface area contributed by atoms with Gasteiger partial charge in [0, 0.05) is 24.3 Å². The summed E-state index contributed by atoms with van der Waals surface area (Å²) < 4.78 is 0. The van der Waals surface area contributed by atoms with Gasteiger partial charge in [-0.05, 0) is 21.9 Å². The van der Waals surface area contributed by atoms with E-state index in [1.807, 2.05) is 72.8 Å². The summed E-state index contributed by atoms with van der Waals surface area (Å²) in [7, 11) is 0. The molecule has 1 aliphatic carbocycles. The van der Waals surface area contributed by atoms with Gasteiger partial charge in [0.05, 0.1) is 5.92 Å². The molecule has 1 aliphatic rings. The van der Waals surface area contributed by atoms with E-state index in [2.05, 4.69) is 6.07 Å². The Hall–Kier alpha value is -3.56. The molecular formula is C29H24O3. The zero-order chi connectivity index (χ0) is 22.1. The summed E-state index contributed by atoms with van der Waals surface area (Å²) in [5, 5.41) is 14.2. The van der Waals surface area contributed by atoms with Crippen LogP contribution in [0.5, 0.6) is 0 Å². The van der Waals surface area contributed by atoms with Crippen molar-refractivity contribution in [3.05, 3.63) is 120 Å². The first kappa shape index (κ1) is 20.3. The Kier molecular flexibility index (Phi) is 5.20. The first-order valence-electron chi connectivity index (χ1n) is 10.9. The van der Waals surface area contributed by atoms with E-state index in [0.29, 0.717) is 11.1 Å². The van der Waals surface area contributed by atoms with E-state index in [-0.39, 0.29) is 24.4 Å². The molecule has 3 nitrogen and oxygen atoms in total. The highest BCUT2D eigenvalue weighted by Crippen LogP contribution is 2.49. The lowest BCUT2D eigenvalue weighted by Gasteiger charge is -2.44. The molecular weight excluding hydrogens is 396 g/mol. The maximum atomic E-state index is 13.9. The van der Waals surface area contributed by atoms with Crippen molar-refractivity contribution in [2.45, 2.75) is 24.4 Å². The van der Waals surface area contributed by atoms with Crippen LogP contribution in [0.25, 0.3) is 10.8 Å². The first-order valence-corrected chi connectivity index (χ1v) is 10.9. The van der Waals surface area contributed by atoms with E-state index in [1.54, 1.807) is 24.3 Å². The number of benzene rings is 4. The van der Waals surface area contributed by atoms with Gasteiger partial charge in [0.2, 0.25) is 0 Å². The van der Waals surface area contributed by atoms with Crippen LogP contribution in [0, 0.1) is 5.92 Å². The number of Topliss-reactive ketones (excluding diaryl/α,β-unsaturated/α-hetero) is 2. The van der Waals surface area contributed by atoms with Crippen LogP contribution in [0.3, 0.4) is 0 Å². The summed E-state index contributed by atoms with van der Waals surface area (Å²) in [6, 6.07) is 32.3. The van der Waals surface area contributed by atoms with Crippen molar-refractivity contribution < 1.29 is 14.7 Å². The third-order valence-corrected chi connectivity index (χ3v) is 6.65. The minimum atomic E-state index is -1.57. The van der Waals surface area contributed by atoms with Crippen LogP contribution in [0.4, 0.5) is 0 Å². The predicted octanol–water partition coefficient (Wildman–Crippen LogP) is 5.67. The fourth-order valence-electron chi connectivity index (χ4n) is 5.12. The monoisotopic (exact) mass is 420 g/mol. The molecule has 3 heteroatoms. The molecule has 1 saturated carbocycles. The van der Waals surface area contributed by atoms with E-state index >= 15 is 0 Å². The maximum absolute atomic E-state index is 13.9. The molecule has 0 aromatic heterocycles. The van der Waals surface area contributed by atoms with Gasteiger partial charge in [0.25, 0.3) is 0 Å². The quantitative estimate of drug-likeness (QED) is 0.433. The largest absolute Gasteiger partial charge is 0.384 e. The average Bonchev–Trinajstić information content (AvgIpc) is 2.84. The third kappa shape index (κ3) is 3.55. The lowest BCUT2D eigenvalue weighted by atomic mass is 9.61. The number of rotatable bonds is 4. The van der Waals surface area contributed by atoms with E-state index in [4.69, 9.17) is 0 Å². The van der Waals surface area contributed by atoms with Crippen LogP contribution in [-0.2, 0) is 10.4 Å². The Bertz CT molecular complexity index is 1280. The van der Waals surface area contributed by atoms with Gasteiger partial charge in [-0.15, -0.1) is 0 Å². The summed E-state index contributed by atoms with van der Waals surface area (Å²) in [4.78, 5) is 26.8. The minimum Gasteiger partial charge on any atom is -0.384 e. The number of carbonyl (C=O) groups is 2. The second-order valence-corrected chi connectivity index (χ2v) is 8.63. The Morgan fingerprint density at radius 1 is 0.781 bits per heavy atom. The lowest BCUT2D eigenvalue weighted by molar-refractivity contribution is -0.133. The Morgan fingerprint density at radius 3 is 2.12 bits per heavy atom. The molecule has 0 bridgehead atoms. The highest BCUT2D eigenvalue weighted by atomic mass is 16.3. The maximum Gasteiger partial charge on any atom is 0.169 e. The molecule has 0 radical (unpaired) electrons. The number of ketones is 2. The van der Waals surface area contributed by atoms with Crippen LogP contribution in [0.2, 0.25) is 0 Å². The van der Waals surface area contributed by atoms with Gasteiger partial charge >= 0.3 is 0 Å². The molecule has 5 rings (SSSR count). The molecule has 0 amide bonds. The van der Waals surface area contributed by atoms with Crippen molar-refractivity contribution >= 4 is 22.3 Å². The molecule has 0 heterocycles. The standard InChI is InChI=1S/C29H24O3/c30-25-18-26(23-16-15-20-9-7-8-12-22(20)17-23)27(28(31)21-10-3-1-4-11-21)29(32,19-25)24-13-5-2-6-14-24/h1-17,26-27,32H,18-19H2/t26-,27+,29-/m0/s1. The summed E-state index contributed by atoms with van der Waals surface area (Å²) in [5.74, 6) is -1.36. The van der Waals surface area contributed by atoms with Crippen LogP contribution in [0.15, 0.2) is 103 Å². The van der Waals surface area contributed by atoms with Gasteiger partial charge in [-0.2, -0.15) is 0 Å². The fraction of sp³-hybridized carbons (Fsp3) is 0.172. The Balaban J connectivity index is 1.69. The number of carbonyl (C=O) groups excluding carboxylic acids is 2. The molecule has 0 saturated heterocycles. The Labute approximate surface area is 187 Å². The summed E-state index contributed by atoms with van der Waals surface area (Å²) >= 11 is 0. The molecule has 158 valence electrons. The van der Waals surface area contributed by atoms with Crippen LogP contribution >= 0.6 is 0 Å². The summed E-state index contributed by atoms with van der Waals surface area (Å²) in [5.41, 5.74) is 0.486. The molecule has 1 N–H and O–H groups in total. The molecule has 32 heavy (non-hydrogen) atoms. The SMILES string of the molecule is O=C1C[C@@H](c2ccc3ccccc3c2)[C@H](C(=O)c2ccccc2)[C@@](O)(c2ccccc2)C1.